The lowest BCUT2D eigenvalue weighted by molar-refractivity contribution is -0.151. The summed E-state index contributed by atoms with van der Waals surface area (Å²) in [5.41, 5.74) is -0.850. The zero-order chi connectivity index (χ0) is 16.5. The van der Waals surface area contributed by atoms with Gasteiger partial charge in [-0.15, -0.1) is 0 Å². The van der Waals surface area contributed by atoms with E-state index in [4.69, 9.17) is 9.47 Å². The van der Waals surface area contributed by atoms with Crippen LogP contribution in [0.5, 0.6) is 0 Å². The molecule has 0 aliphatic heterocycles. The summed E-state index contributed by atoms with van der Waals surface area (Å²) in [4.78, 5) is 12.0. The van der Waals surface area contributed by atoms with Crippen LogP contribution in [0.1, 0.15) is 47.0 Å². The van der Waals surface area contributed by atoms with Crippen molar-refractivity contribution >= 4 is 5.97 Å². The number of hydrogen-bond donors (Lipinski definition) is 1. The molecule has 0 heterocycles. The summed E-state index contributed by atoms with van der Waals surface area (Å²) >= 11 is 0. The molecule has 0 amide bonds. The molecule has 1 unspecified atom stereocenters. The van der Waals surface area contributed by atoms with Gasteiger partial charge in [0.1, 0.15) is 5.54 Å². The van der Waals surface area contributed by atoms with E-state index in [0.717, 1.165) is 0 Å². The lowest BCUT2D eigenvalue weighted by Gasteiger charge is -2.30. The molecule has 0 aliphatic carbocycles. The first-order chi connectivity index (χ1) is 9.60. The van der Waals surface area contributed by atoms with Crippen molar-refractivity contribution in [2.75, 3.05) is 19.8 Å². The fourth-order valence-corrected chi connectivity index (χ4v) is 1.98. The predicted molar refractivity (Wildman–Crippen MR) is 74.0 cm³/mol. The molecule has 0 rings (SSSR count). The standard InChI is InChI=1S/C14H26F3NO3/c1-5-21-12(19)13(4,18-11(2)3)7-6-9-20-10-8-14(15,16)17/h11,18H,5-10H2,1-4H3. The highest BCUT2D eigenvalue weighted by molar-refractivity contribution is 5.80. The van der Waals surface area contributed by atoms with Crippen LogP contribution >= 0.6 is 0 Å². The summed E-state index contributed by atoms with van der Waals surface area (Å²) in [6.45, 7) is 7.42. The van der Waals surface area contributed by atoms with Crippen LogP contribution < -0.4 is 5.32 Å². The first-order valence-corrected chi connectivity index (χ1v) is 7.20. The molecule has 1 N–H and O–H groups in total. The van der Waals surface area contributed by atoms with Crippen molar-refractivity contribution in [1.29, 1.82) is 0 Å². The largest absolute Gasteiger partial charge is 0.465 e. The molecule has 0 saturated heterocycles. The molecule has 126 valence electrons. The Morgan fingerprint density at radius 3 is 2.29 bits per heavy atom. The van der Waals surface area contributed by atoms with Gasteiger partial charge in [0.2, 0.25) is 0 Å². The first-order valence-electron chi connectivity index (χ1n) is 7.20. The van der Waals surface area contributed by atoms with Crippen LogP contribution in [0.4, 0.5) is 13.2 Å². The molecule has 0 saturated carbocycles. The van der Waals surface area contributed by atoms with E-state index in [1.807, 2.05) is 13.8 Å². The normalized spacial score (nSPS) is 15.0. The van der Waals surface area contributed by atoms with Gasteiger partial charge in [0.05, 0.1) is 19.6 Å². The molecule has 0 aliphatic rings. The molecular formula is C14H26F3NO3. The number of carbonyl (C=O) groups excluding carboxylic acids is 1. The summed E-state index contributed by atoms with van der Waals surface area (Å²) in [6, 6.07) is 0.0885. The number of rotatable bonds is 10. The molecule has 1 atom stereocenters. The van der Waals surface area contributed by atoms with Gasteiger partial charge in [0, 0.05) is 12.6 Å². The average Bonchev–Trinajstić information content (AvgIpc) is 2.31. The zero-order valence-electron chi connectivity index (χ0n) is 13.2. The van der Waals surface area contributed by atoms with Crippen molar-refractivity contribution < 1.29 is 27.4 Å². The molecule has 7 heteroatoms. The lowest BCUT2D eigenvalue weighted by Crippen LogP contribution is -2.53. The highest BCUT2D eigenvalue weighted by Gasteiger charge is 2.34. The number of carbonyl (C=O) groups is 1. The summed E-state index contributed by atoms with van der Waals surface area (Å²) in [7, 11) is 0. The second kappa shape index (κ2) is 9.25. The minimum absolute atomic E-state index is 0.0885. The fourth-order valence-electron chi connectivity index (χ4n) is 1.98. The van der Waals surface area contributed by atoms with Crippen LogP contribution in [-0.2, 0) is 14.3 Å². The molecule has 4 nitrogen and oxygen atoms in total. The SMILES string of the molecule is CCOC(=O)C(C)(CCCOCCC(F)(F)F)NC(C)C. The molecule has 0 aromatic heterocycles. The topological polar surface area (TPSA) is 47.6 Å². The van der Waals surface area contributed by atoms with Crippen LogP contribution in [0, 0.1) is 0 Å². The summed E-state index contributed by atoms with van der Waals surface area (Å²) in [6.07, 6.45) is -4.23. The van der Waals surface area contributed by atoms with Crippen LogP contribution in [0.15, 0.2) is 0 Å². The van der Waals surface area contributed by atoms with E-state index in [9.17, 15) is 18.0 Å². The zero-order valence-corrected chi connectivity index (χ0v) is 13.2. The van der Waals surface area contributed by atoms with Crippen molar-refractivity contribution in [1.82, 2.24) is 5.32 Å². The van der Waals surface area contributed by atoms with Gasteiger partial charge in [-0.05, 0) is 40.5 Å². The van der Waals surface area contributed by atoms with Gasteiger partial charge < -0.3 is 9.47 Å². The molecule has 0 aromatic carbocycles. The molecule has 0 fully saturated rings. The lowest BCUT2D eigenvalue weighted by atomic mass is 9.95. The average molecular weight is 313 g/mol. The highest BCUT2D eigenvalue weighted by Crippen LogP contribution is 2.19. The maximum atomic E-state index is 12.0. The Kier molecular flexibility index (Phi) is 8.89. The number of hydrogen-bond acceptors (Lipinski definition) is 4. The van der Waals surface area contributed by atoms with Gasteiger partial charge in [-0.1, -0.05) is 0 Å². The second-order valence-corrected chi connectivity index (χ2v) is 5.43. The molecule has 0 aromatic rings. The number of ether oxygens (including phenoxy) is 2. The summed E-state index contributed by atoms with van der Waals surface area (Å²) < 4.78 is 45.8. The monoisotopic (exact) mass is 313 g/mol. The van der Waals surface area contributed by atoms with Gasteiger partial charge >= 0.3 is 12.1 Å². The third-order valence-electron chi connectivity index (χ3n) is 2.83. The molecule has 0 spiro atoms. The Bertz CT molecular complexity index is 308. The molecular weight excluding hydrogens is 287 g/mol. The van der Waals surface area contributed by atoms with Gasteiger partial charge in [-0.2, -0.15) is 13.2 Å². The minimum Gasteiger partial charge on any atom is -0.465 e. The Labute approximate surface area is 124 Å². The third-order valence-corrected chi connectivity index (χ3v) is 2.83. The van der Waals surface area contributed by atoms with E-state index in [1.54, 1.807) is 13.8 Å². The maximum absolute atomic E-state index is 12.0. The van der Waals surface area contributed by atoms with E-state index in [-0.39, 0.29) is 31.8 Å². The van der Waals surface area contributed by atoms with Gasteiger partial charge in [0.25, 0.3) is 0 Å². The van der Waals surface area contributed by atoms with Gasteiger partial charge in [-0.3, -0.25) is 10.1 Å². The second-order valence-electron chi connectivity index (χ2n) is 5.43. The van der Waals surface area contributed by atoms with Crippen molar-refractivity contribution in [3.63, 3.8) is 0 Å². The number of halogens is 3. The Morgan fingerprint density at radius 1 is 1.19 bits per heavy atom. The van der Waals surface area contributed by atoms with E-state index in [0.29, 0.717) is 12.8 Å². The molecule has 0 bridgehead atoms. The van der Waals surface area contributed by atoms with Gasteiger partial charge in [0.15, 0.2) is 0 Å². The van der Waals surface area contributed by atoms with Crippen molar-refractivity contribution in [3.05, 3.63) is 0 Å². The van der Waals surface area contributed by atoms with Crippen molar-refractivity contribution in [2.24, 2.45) is 0 Å². The van der Waals surface area contributed by atoms with Crippen molar-refractivity contribution in [3.8, 4) is 0 Å². The van der Waals surface area contributed by atoms with E-state index < -0.39 is 18.1 Å². The number of alkyl halides is 3. The van der Waals surface area contributed by atoms with E-state index >= 15 is 0 Å². The third kappa shape index (κ3) is 9.68. The van der Waals surface area contributed by atoms with E-state index in [2.05, 4.69) is 5.32 Å². The Morgan fingerprint density at radius 2 is 1.81 bits per heavy atom. The van der Waals surface area contributed by atoms with E-state index in [1.165, 1.54) is 0 Å². The molecule has 0 radical (unpaired) electrons. The predicted octanol–water partition coefficient (Wildman–Crippen LogP) is 3.06. The van der Waals surface area contributed by atoms with Crippen LogP contribution in [0.3, 0.4) is 0 Å². The smallest absolute Gasteiger partial charge is 0.391 e. The van der Waals surface area contributed by atoms with Crippen LogP contribution in [0.2, 0.25) is 0 Å². The molecule has 21 heavy (non-hydrogen) atoms. The highest BCUT2D eigenvalue weighted by atomic mass is 19.4. The Balaban J connectivity index is 4.16. The summed E-state index contributed by atoms with van der Waals surface area (Å²) in [5.74, 6) is -0.353. The quantitative estimate of drug-likeness (QED) is 0.497. The van der Waals surface area contributed by atoms with Crippen molar-refractivity contribution in [2.45, 2.75) is 64.7 Å². The maximum Gasteiger partial charge on any atom is 0.391 e. The van der Waals surface area contributed by atoms with Crippen LogP contribution in [0.25, 0.3) is 0 Å². The summed E-state index contributed by atoms with van der Waals surface area (Å²) in [5, 5.41) is 3.15. The first kappa shape index (κ1) is 20.2. The number of esters is 1. The minimum atomic E-state index is -4.20. The number of nitrogens with one attached hydrogen (secondary N) is 1. The van der Waals surface area contributed by atoms with Gasteiger partial charge in [-0.25, -0.2) is 0 Å². The fraction of sp³-hybridized carbons (Fsp3) is 0.929. The van der Waals surface area contributed by atoms with Crippen LogP contribution in [-0.4, -0.2) is 43.5 Å². The Hall–Kier alpha value is -0.820.